The number of fused-ring (bicyclic) bond motifs is 2. The highest BCUT2D eigenvalue weighted by Gasteiger charge is 2.41. The van der Waals surface area contributed by atoms with E-state index in [1.165, 1.54) is 41.0 Å². The Balaban J connectivity index is 1.07. The fourth-order valence-electron chi connectivity index (χ4n) is 8.22. The average Bonchev–Trinajstić information content (AvgIpc) is 3.50. The van der Waals surface area contributed by atoms with Gasteiger partial charge in [0.2, 0.25) is 10.0 Å². The second-order valence-electron chi connectivity index (χ2n) is 14.8. The van der Waals surface area contributed by atoms with E-state index in [9.17, 15) is 13.2 Å². The summed E-state index contributed by atoms with van der Waals surface area (Å²) in [6.07, 6.45) is 13.2. The molecule has 1 unspecified atom stereocenters. The van der Waals surface area contributed by atoms with E-state index >= 15 is 0 Å². The minimum atomic E-state index is -3.93. The number of carbonyl (C=O) groups is 1. The van der Waals surface area contributed by atoms with Gasteiger partial charge in [0.1, 0.15) is 4.75 Å². The summed E-state index contributed by atoms with van der Waals surface area (Å²) in [6, 6.07) is 18.6. The first kappa shape index (κ1) is 32.3. The van der Waals surface area contributed by atoms with Crippen LogP contribution in [0, 0.1) is 5.92 Å². The fraction of sp³-hybridized carbons (Fsp3) is 0.400. The molecule has 8 nitrogen and oxygen atoms in total. The minimum Gasteiger partial charge on any atom is -0.306 e. The van der Waals surface area contributed by atoms with E-state index in [4.69, 9.17) is 0 Å². The lowest BCUT2D eigenvalue weighted by molar-refractivity contribution is 0.0702. The van der Waals surface area contributed by atoms with Crippen LogP contribution in [0.5, 0.6) is 0 Å². The number of hydrogen-bond acceptors (Lipinski definition) is 7. The molecule has 0 saturated carbocycles. The van der Waals surface area contributed by atoms with Gasteiger partial charge < -0.3 is 9.80 Å². The Kier molecular flexibility index (Phi) is 8.22. The molecule has 0 N–H and O–H groups in total. The second-order valence-corrected chi connectivity index (χ2v) is 17.1. The molecule has 1 atom stereocenters. The molecule has 9 heteroatoms. The molecule has 5 heterocycles. The number of ketones is 1. The van der Waals surface area contributed by atoms with Gasteiger partial charge in [-0.05, 0) is 99.8 Å². The van der Waals surface area contributed by atoms with Crippen LogP contribution in [0.2, 0.25) is 0 Å². The van der Waals surface area contributed by atoms with Gasteiger partial charge in [0, 0.05) is 67.0 Å². The molecule has 2 saturated heterocycles. The quantitative estimate of drug-likeness (QED) is 0.227. The van der Waals surface area contributed by atoms with Crippen molar-refractivity contribution in [2.24, 2.45) is 5.92 Å². The molecule has 1 aliphatic carbocycles. The third kappa shape index (κ3) is 5.80. The lowest BCUT2D eigenvalue weighted by Crippen LogP contribution is -2.47. The lowest BCUT2D eigenvalue weighted by atomic mass is 9.89. The summed E-state index contributed by atoms with van der Waals surface area (Å²) in [5, 5.41) is 0.758. The van der Waals surface area contributed by atoms with Crippen molar-refractivity contribution in [2.45, 2.75) is 49.9 Å². The zero-order chi connectivity index (χ0) is 33.9. The van der Waals surface area contributed by atoms with Gasteiger partial charge in [-0.3, -0.25) is 9.69 Å². The van der Waals surface area contributed by atoms with Crippen LogP contribution < -0.4 is 0 Å². The van der Waals surface area contributed by atoms with Crippen molar-refractivity contribution in [3.63, 3.8) is 0 Å². The maximum atomic E-state index is 14.7. The van der Waals surface area contributed by atoms with Gasteiger partial charge in [0.25, 0.3) is 0 Å². The Morgan fingerprint density at radius 1 is 0.918 bits per heavy atom. The maximum absolute atomic E-state index is 14.7. The van der Waals surface area contributed by atoms with Crippen molar-refractivity contribution in [1.82, 2.24) is 23.7 Å². The SMILES string of the molecule is CN1CCC(N2CCc3cc(C4=CC(C)(S(=O)(=O)n5cc(-c6ccc(C(=O)C7CN(C)C7)cc6)c6cccnc65)CC=C4)ccc3C2)CC1. The zero-order valence-corrected chi connectivity index (χ0v) is 29.5. The monoisotopic (exact) mass is 675 g/mol. The number of nitrogens with zero attached hydrogens (tertiary/aromatic N) is 5. The van der Waals surface area contributed by atoms with E-state index in [0.717, 1.165) is 60.2 Å². The Hall–Kier alpha value is -3.89. The van der Waals surface area contributed by atoms with Crippen molar-refractivity contribution in [3.8, 4) is 11.1 Å². The number of piperidine rings is 1. The van der Waals surface area contributed by atoms with Crippen molar-refractivity contribution < 1.29 is 13.2 Å². The third-order valence-corrected chi connectivity index (χ3v) is 13.6. The van der Waals surface area contributed by atoms with E-state index in [0.29, 0.717) is 23.7 Å². The van der Waals surface area contributed by atoms with Gasteiger partial charge in [-0.15, -0.1) is 0 Å². The maximum Gasteiger partial charge on any atom is 0.249 e. The van der Waals surface area contributed by atoms with Crippen LogP contribution in [0.4, 0.5) is 0 Å². The van der Waals surface area contributed by atoms with E-state index in [2.05, 4.69) is 51.0 Å². The van der Waals surface area contributed by atoms with Gasteiger partial charge in [-0.25, -0.2) is 17.4 Å². The molecule has 0 radical (unpaired) electrons. The summed E-state index contributed by atoms with van der Waals surface area (Å²) in [4.78, 5) is 24.7. The number of carbonyl (C=O) groups excluding carboxylic acids is 1. The number of allylic oxidation sites excluding steroid dienone is 3. The zero-order valence-electron chi connectivity index (χ0n) is 28.7. The number of aromatic nitrogens is 2. The van der Waals surface area contributed by atoms with Gasteiger partial charge in [0.15, 0.2) is 11.4 Å². The molecule has 4 aromatic rings. The molecule has 49 heavy (non-hydrogen) atoms. The number of rotatable bonds is 7. The number of benzene rings is 2. The van der Waals surface area contributed by atoms with Crippen LogP contribution in [0.1, 0.15) is 53.2 Å². The number of Topliss-reactive ketones (excluding diaryl/α,β-unsaturated/α-hetero) is 1. The van der Waals surface area contributed by atoms with Crippen molar-refractivity contribution >= 4 is 32.4 Å². The smallest absolute Gasteiger partial charge is 0.249 e. The topological polar surface area (TPSA) is 78.8 Å². The average molecular weight is 676 g/mol. The second kappa shape index (κ2) is 12.5. The van der Waals surface area contributed by atoms with E-state index < -0.39 is 14.8 Å². The standard InChI is InChI=1S/C40H45N5O3S/c1-40(17-4-6-32(23-40)30-12-13-33-26-44(21-14-31(33)22-30)35-15-19-42(2)20-16-35)49(47,48)45-27-37(36-7-5-18-41-39(36)45)28-8-10-29(11-9-28)38(46)34-24-43(3)25-34/h4-13,18,22-23,27,34-35H,14-17,19-21,24-26H2,1-3H3. The van der Waals surface area contributed by atoms with Gasteiger partial charge in [0.05, 0.1) is 0 Å². The summed E-state index contributed by atoms with van der Waals surface area (Å²) in [7, 11) is 0.295. The summed E-state index contributed by atoms with van der Waals surface area (Å²) in [5.41, 5.74) is 7.46. The van der Waals surface area contributed by atoms with Crippen LogP contribution in [0.3, 0.4) is 0 Å². The van der Waals surface area contributed by atoms with Crippen LogP contribution in [-0.2, 0) is 23.0 Å². The Bertz CT molecular complexity index is 2090. The van der Waals surface area contributed by atoms with Gasteiger partial charge >= 0.3 is 0 Å². The van der Waals surface area contributed by atoms with E-state index in [-0.39, 0.29) is 11.7 Å². The minimum absolute atomic E-state index is 0.0379. The molecular formula is C40H45N5O3S. The molecule has 0 amide bonds. The summed E-state index contributed by atoms with van der Waals surface area (Å²) in [6.45, 7) is 7.77. The summed E-state index contributed by atoms with van der Waals surface area (Å²) >= 11 is 0. The highest BCUT2D eigenvalue weighted by atomic mass is 32.2. The number of likely N-dealkylation sites (tertiary alicyclic amines) is 2. The largest absolute Gasteiger partial charge is 0.306 e. The molecule has 0 bridgehead atoms. The Labute approximate surface area is 289 Å². The Morgan fingerprint density at radius 3 is 2.43 bits per heavy atom. The van der Waals surface area contributed by atoms with Crippen molar-refractivity contribution in [2.75, 3.05) is 46.8 Å². The highest BCUT2D eigenvalue weighted by Crippen LogP contribution is 2.39. The molecule has 2 fully saturated rings. The van der Waals surface area contributed by atoms with Crippen LogP contribution >= 0.6 is 0 Å². The van der Waals surface area contributed by atoms with Crippen LogP contribution in [-0.4, -0.2) is 95.5 Å². The summed E-state index contributed by atoms with van der Waals surface area (Å²) in [5.74, 6) is 0.196. The highest BCUT2D eigenvalue weighted by molar-refractivity contribution is 7.91. The van der Waals surface area contributed by atoms with Crippen molar-refractivity contribution in [1.29, 1.82) is 0 Å². The molecule has 3 aliphatic heterocycles. The van der Waals surface area contributed by atoms with Gasteiger partial charge in [-0.2, -0.15) is 0 Å². The van der Waals surface area contributed by atoms with E-state index in [1.807, 2.05) is 62.5 Å². The first-order valence-corrected chi connectivity index (χ1v) is 19.0. The molecule has 8 rings (SSSR count). The first-order chi connectivity index (χ1) is 23.6. The fourth-order valence-corrected chi connectivity index (χ4v) is 9.87. The third-order valence-electron chi connectivity index (χ3n) is 11.4. The molecular weight excluding hydrogens is 631 g/mol. The molecule has 254 valence electrons. The van der Waals surface area contributed by atoms with Crippen molar-refractivity contribution in [3.05, 3.63) is 107 Å². The normalized spacial score (nSPS) is 23.0. The Morgan fingerprint density at radius 2 is 1.67 bits per heavy atom. The van der Waals surface area contributed by atoms with Crippen LogP contribution in [0.25, 0.3) is 27.7 Å². The summed E-state index contributed by atoms with van der Waals surface area (Å²) < 4.78 is 29.5. The number of pyridine rings is 1. The predicted octanol–water partition coefficient (Wildman–Crippen LogP) is 5.88. The number of hydrogen-bond donors (Lipinski definition) is 0. The van der Waals surface area contributed by atoms with Crippen LogP contribution in [0.15, 0.2) is 85.2 Å². The van der Waals surface area contributed by atoms with Gasteiger partial charge in [-0.1, -0.05) is 60.7 Å². The lowest BCUT2D eigenvalue weighted by Gasteiger charge is -2.40. The predicted molar refractivity (Wildman–Crippen MR) is 196 cm³/mol. The molecule has 4 aliphatic rings. The van der Waals surface area contributed by atoms with E-state index in [1.54, 1.807) is 12.4 Å². The molecule has 2 aromatic heterocycles. The first-order valence-electron chi connectivity index (χ1n) is 17.6. The molecule has 2 aromatic carbocycles. The molecule has 0 spiro atoms.